The number of hydrogen-bond acceptors (Lipinski definition) is 3. The zero-order chi connectivity index (χ0) is 41.2. The molecule has 9 aromatic carbocycles. The van der Waals surface area contributed by atoms with Gasteiger partial charge in [-0.3, -0.25) is 4.57 Å². The lowest BCUT2D eigenvalue weighted by atomic mass is 9.99. The lowest BCUT2D eigenvalue weighted by Gasteiger charge is -2.11. The largest absolute Gasteiger partial charge is 0.308 e. The number of fused-ring (bicyclic) bond motifs is 13. The fraction of sp³-hybridized carbons (Fsp3) is 0. The molecular formula is C58H34N4S. The third-order valence-electron chi connectivity index (χ3n) is 13.1. The molecule has 0 aliphatic carbocycles. The Hall–Kier alpha value is -8.12. The van der Waals surface area contributed by atoms with Crippen LogP contribution in [0.1, 0.15) is 0 Å². The minimum Gasteiger partial charge on any atom is -0.308 e. The lowest BCUT2D eigenvalue weighted by Crippen LogP contribution is -2.02. The van der Waals surface area contributed by atoms with E-state index in [1.54, 1.807) is 11.3 Å². The van der Waals surface area contributed by atoms with E-state index in [-0.39, 0.29) is 0 Å². The van der Waals surface area contributed by atoms with Gasteiger partial charge in [-0.1, -0.05) is 170 Å². The monoisotopic (exact) mass is 818 g/mol. The lowest BCUT2D eigenvalue weighted by molar-refractivity contribution is 1.02. The van der Waals surface area contributed by atoms with Gasteiger partial charge >= 0.3 is 0 Å². The second-order valence-corrected chi connectivity index (χ2v) is 17.6. The Balaban J connectivity index is 1.12. The van der Waals surface area contributed by atoms with Crippen molar-refractivity contribution in [3.8, 4) is 50.6 Å². The molecule has 0 saturated heterocycles. The summed E-state index contributed by atoms with van der Waals surface area (Å²) in [7, 11) is 0. The van der Waals surface area contributed by atoms with Gasteiger partial charge in [-0.25, -0.2) is 9.97 Å². The van der Waals surface area contributed by atoms with Crippen LogP contribution in [0, 0.1) is 0 Å². The number of hydrogen-bond donors (Lipinski definition) is 0. The van der Waals surface area contributed by atoms with Crippen LogP contribution in [0.15, 0.2) is 206 Å². The Morgan fingerprint density at radius 2 is 0.937 bits per heavy atom. The van der Waals surface area contributed by atoms with Gasteiger partial charge in [0, 0.05) is 48.0 Å². The SMILES string of the molecule is c1ccc(-c2ccc(-c3nc(-n4c5ccc(-c6ccccc6)cc5c5c6c7ccccc7n7c8cc(-c9ccccc9)ccc8c(cc54)c67)nc4c3sc3ccccc34)cc2)cc1. The summed E-state index contributed by atoms with van der Waals surface area (Å²) in [4.78, 5) is 11.2. The van der Waals surface area contributed by atoms with E-state index in [9.17, 15) is 0 Å². The number of para-hydroxylation sites is 1. The van der Waals surface area contributed by atoms with Gasteiger partial charge in [-0.05, 0) is 69.8 Å². The van der Waals surface area contributed by atoms with E-state index < -0.39 is 0 Å². The van der Waals surface area contributed by atoms with E-state index in [0.717, 1.165) is 37.9 Å². The van der Waals surface area contributed by atoms with E-state index in [2.05, 4.69) is 215 Å². The molecule has 0 atom stereocenters. The molecule has 0 fully saturated rings. The first-order valence-corrected chi connectivity index (χ1v) is 22.2. The average Bonchev–Trinajstić information content (AvgIpc) is 4.09. The number of nitrogens with zero attached hydrogens (tertiary/aromatic N) is 4. The van der Waals surface area contributed by atoms with Crippen molar-refractivity contribution < 1.29 is 0 Å². The summed E-state index contributed by atoms with van der Waals surface area (Å²) in [6, 6.07) is 74.7. The maximum absolute atomic E-state index is 5.64. The molecule has 5 heterocycles. The van der Waals surface area contributed by atoms with Gasteiger partial charge in [0.2, 0.25) is 5.95 Å². The number of thiophene rings is 1. The average molecular weight is 819 g/mol. The highest BCUT2D eigenvalue weighted by atomic mass is 32.1. The van der Waals surface area contributed by atoms with Crippen LogP contribution in [0.25, 0.3) is 131 Å². The maximum Gasteiger partial charge on any atom is 0.235 e. The zero-order valence-corrected chi connectivity index (χ0v) is 34.6. The fourth-order valence-corrected chi connectivity index (χ4v) is 11.4. The second-order valence-electron chi connectivity index (χ2n) is 16.5. The van der Waals surface area contributed by atoms with Crippen molar-refractivity contribution in [1.29, 1.82) is 0 Å². The van der Waals surface area contributed by atoms with Crippen LogP contribution >= 0.6 is 11.3 Å². The molecule has 14 rings (SSSR count). The van der Waals surface area contributed by atoms with Crippen molar-refractivity contribution in [1.82, 2.24) is 18.9 Å². The molecule has 4 nitrogen and oxygen atoms in total. The Kier molecular flexibility index (Phi) is 7.24. The minimum absolute atomic E-state index is 0.661. The predicted octanol–water partition coefficient (Wildman–Crippen LogP) is 15.8. The Labute approximate surface area is 365 Å². The fourth-order valence-electron chi connectivity index (χ4n) is 10.2. The van der Waals surface area contributed by atoms with Gasteiger partial charge in [-0.2, -0.15) is 0 Å². The number of aromatic nitrogens is 4. The van der Waals surface area contributed by atoms with Crippen molar-refractivity contribution >= 4 is 91.5 Å². The molecule has 0 radical (unpaired) electrons. The summed E-state index contributed by atoms with van der Waals surface area (Å²) < 4.78 is 7.13. The molecule has 0 bridgehead atoms. The second kappa shape index (κ2) is 13.2. The topological polar surface area (TPSA) is 35.1 Å². The molecule has 0 aliphatic rings. The first-order chi connectivity index (χ1) is 31.2. The summed E-state index contributed by atoms with van der Waals surface area (Å²) in [5, 5.41) is 8.46. The smallest absolute Gasteiger partial charge is 0.235 e. The van der Waals surface area contributed by atoms with Crippen molar-refractivity contribution in [2.75, 3.05) is 0 Å². The highest BCUT2D eigenvalue weighted by Gasteiger charge is 2.26. The van der Waals surface area contributed by atoms with E-state index in [1.807, 2.05) is 0 Å². The van der Waals surface area contributed by atoms with E-state index in [4.69, 9.17) is 9.97 Å². The molecule has 0 aliphatic heterocycles. The number of benzene rings is 9. The molecule has 14 aromatic rings. The molecule has 0 amide bonds. The van der Waals surface area contributed by atoms with E-state index in [1.165, 1.54) is 86.9 Å². The molecule has 5 heteroatoms. The summed E-state index contributed by atoms with van der Waals surface area (Å²) in [5.41, 5.74) is 15.9. The first-order valence-electron chi connectivity index (χ1n) is 21.4. The van der Waals surface area contributed by atoms with Gasteiger partial charge in [-0.15, -0.1) is 11.3 Å². The molecule has 0 spiro atoms. The minimum atomic E-state index is 0.661. The normalized spacial score (nSPS) is 12.1. The quantitative estimate of drug-likeness (QED) is 0.173. The molecule has 0 unspecified atom stereocenters. The summed E-state index contributed by atoms with van der Waals surface area (Å²) in [5.74, 6) is 0.661. The summed E-state index contributed by atoms with van der Waals surface area (Å²) in [6.45, 7) is 0. The highest BCUT2D eigenvalue weighted by molar-refractivity contribution is 7.26. The molecule has 63 heavy (non-hydrogen) atoms. The van der Waals surface area contributed by atoms with Crippen LogP contribution in [0.2, 0.25) is 0 Å². The molecular weight excluding hydrogens is 785 g/mol. The van der Waals surface area contributed by atoms with Crippen LogP contribution in [-0.2, 0) is 0 Å². The third-order valence-corrected chi connectivity index (χ3v) is 14.2. The van der Waals surface area contributed by atoms with Gasteiger partial charge < -0.3 is 4.40 Å². The van der Waals surface area contributed by atoms with Crippen LogP contribution in [0.3, 0.4) is 0 Å². The maximum atomic E-state index is 5.64. The predicted molar refractivity (Wildman–Crippen MR) is 266 cm³/mol. The zero-order valence-electron chi connectivity index (χ0n) is 33.8. The van der Waals surface area contributed by atoms with E-state index in [0.29, 0.717) is 5.95 Å². The third kappa shape index (κ3) is 5.03. The Bertz CT molecular complexity index is 4110. The molecule has 5 aromatic heterocycles. The van der Waals surface area contributed by atoms with Gasteiger partial charge in [0.1, 0.15) is 0 Å². The first kappa shape index (κ1) is 34.6. The van der Waals surface area contributed by atoms with Crippen molar-refractivity contribution in [2.24, 2.45) is 0 Å². The van der Waals surface area contributed by atoms with Crippen LogP contribution in [-0.4, -0.2) is 18.9 Å². The van der Waals surface area contributed by atoms with Crippen molar-refractivity contribution in [3.63, 3.8) is 0 Å². The van der Waals surface area contributed by atoms with Crippen molar-refractivity contribution in [3.05, 3.63) is 206 Å². The summed E-state index contributed by atoms with van der Waals surface area (Å²) >= 11 is 1.77. The van der Waals surface area contributed by atoms with E-state index >= 15 is 0 Å². The number of rotatable bonds is 5. The summed E-state index contributed by atoms with van der Waals surface area (Å²) in [6.07, 6.45) is 0. The standard InChI is InChI=1S/C58H34N4S/c1-4-14-35(15-5-1)38-24-26-39(27-25-38)54-57-55(44-21-11-13-23-51(44)63-57)60-58(59-54)62-48-31-29-40(36-16-6-2-7-17-36)32-46(48)52-50(62)34-45-42-30-28-41(37-18-8-3-9-19-37)33-49(42)61-47-22-12-10-20-43(47)53(52)56(45)61/h1-34H. The van der Waals surface area contributed by atoms with Crippen LogP contribution < -0.4 is 0 Å². The Morgan fingerprint density at radius 3 is 1.68 bits per heavy atom. The van der Waals surface area contributed by atoms with Gasteiger partial charge in [0.25, 0.3) is 0 Å². The van der Waals surface area contributed by atoms with Crippen molar-refractivity contribution in [2.45, 2.75) is 0 Å². The Morgan fingerprint density at radius 1 is 0.349 bits per heavy atom. The molecule has 292 valence electrons. The van der Waals surface area contributed by atoms with Crippen LogP contribution in [0.5, 0.6) is 0 Å². The van der Waals surface area contributed by atoms with Gasteiger partial charge in [0.05, 0.1) is 43.5 Å². The molecule has 0 N–H and O–H groups in total. The van der Waals surface area contributed by atoms with Crippen LogP contribution in [0.4, 0.5) is 0 Å². The highest BCUT2D eigenvalue weighted by Crippen LogP contribution is 2.48. The molecule has 0 saturated carbocycles. The van der Waals surface area contributed by atoms with Gasteiger partial charge in [0.15, 0.2) is 0 Å².